The zero-order valence-corrected chi connectivity index (χ0v) is 21.7. The lowest BCUT2D eigenvalue weighted by Crippen LogP contribution is -2.50. The van der Waals surface area contributed by atoms with E-state index in [1.807, 2.05) is 0 Å². The topological polar surface area (TPSA) is 26.3 Å². The number of rotatable bonds is 4. The second-order valence-electron chi connectivity index (χ2n) is 12.0. The molecule has 0 aromatic heterocycles. The zero-order valence-electron chi connectivity index (χ0n) is 19.7. The number of fused-ring (bicyclic) bond motifs is 1. The summed E-state index contributed by atoms with van der Waals surface area (Å²) >= 11 is 0. The third kappa shape index (κ3) is 4.59. The van der Waals surface area contributed by atoms with E-state index in [1.165, 1.54) is 16.3 Å². The largest absolute Gasteiger partial charge is 0.413 e. The molecule has 2 aliphatic rings. The summed E-state index contributed by atoms with van der Waals surface area (Å²) in [6.07, 6.45) is 5.57. The van der Waals surface area contributed by atoms with Crippen molar-refractivity contribution in [1.82, 2.24) is 0 Å². The molecule has 0 N–H and O–H groups in total. The van der Waals surface area contributed by atoms with E-state index in [2.05, 4.69) is 73.4 Å². The van der Waals surface area contributed by atoms with Crippen LogP contribution in [0.25, 0.3) is 0 Å². The van der Waals surface area contributed by atoms with Gasteiger partial charge in [0.1, 0.15) is 5.78 Å². The minimum atomic E-state index is -1.81. The van der Waals surface area contributed by atoms with Crippen molar-refractivity contribution in [1.29, 1.82) is 0 Å². The van der Waals surface area contributed by atoms with Gasteiger partial charge in [-0.2, -0.15) is 0 Å². The van der Waals surface area contributed by atoms with Gasteiger partial charge in [-0.25, -0.2) is 0 Å². The minimum absolute atomic E-state index is 0.103. The summed E-state index contributed by atoms with van der Waals surface area (Å²) in [7, 11) is -3.38. The molecule has 0 aromatic carbocycles. The fraction of sp³-hybridized carbons (Fsp3) is 0.783. The number of Topliss-reactive ketones (excluding diaryl/α,β-unsaturated/α-hetero) is 1. The van der Waals surface area contributed by atoms with Crippen molar-refractivity contribution in [2.75, 3.05) is 0 Å². The van der Waals surface area contributed by atoms with Gasteiger partial charge in [0.2, 0.25) is 0 Å². The molecule has 0 radical (unpaired) electrons. The fourth-order valence-corrected chi connectivity index (χ4v) is 8.41. The maximum atomic E-state index is 12.4. The van der Waals surface area contributed by atoms with E-state index >= 15 is 0 Å². The van der Waals surface area contributed by atoms with Crippen molar-refractivity contribution in [2.24, 2.45) is 11.3 Å². The number of hydrogen-bond donors (Lipinski definition) is 0. The van der Waals surface area contributed by atoms with E-state index in [1.54, 1.807) is 6.92 Å². The Balaban J connectivity index is 2.44. The van der Waals surface area contributed by atoms with E-state index in [4.69, 9.17) is 4.43 Å². The number of carbonyl (C=O) groups is 1. The molecule has 4 heteroatoms. The second-order valence-corrected chi connectivity index (χ2v) is 21.8. The second kappa shape index (κ2) is 7.10. The SMILES string of the molecule is CC(=O)C1CC=C2CC(O[Si](C)(C)C(C)(C)C)C(C)(C)CC2=C1[Si](C)(C)C. The molecule has 1 fully saturated rings. The molecule has 2 nitrogen and oxygen atoms in total. The summed E-state index contributed by atoms with van der Waals surface area (Å²) in [5.74, 6) is 0.455. The van der Waals surface area contributed by atoms with Crippen molar-refractivity contribution in [2.45, 2.75) is 105 Å². The lowest BCUT2D eigenvalue weighted by atomic mass is 9.68. The summed E-state index contributed by atoms with van der Waals surface area (Å²) in [6, 6.07) is 0. The first-order chi connectivity index (χ1) is 12.0. The van der Waals surface area contributed by atoms with Gasteiger partial charge in [0, 0.05) is 5.92 Å². The molecule has 0 aliphatic heterocycles. The number of hydrogen-bond acceptors (Lipinski definition) is 2. The smallest absolute Gasteiger partial charge is 0.192 e. The molecule has 2 unspecified atom stereocenters. The molecule has 2 rings (SSSR count). The normalized spacial score (nSPS) is 26.6. The quantitative estimate of drug-likeness (QED) is 0.474. The van der Waals surface area contributed by atoms with Gasteiger partial charge in [-0.1, -0.05) is 65.5 Å². The first-order valence-electron chi connectivity index (χ1n) is 10.6. The molecule has 0 saturated heterocycles. The average molecular weight is 407 g/mol. The summed E-state index contributed by atoms with van der Waals surface area (Å²) in [6.45, 7) is 25.4. The lowest BCUT2D eigenvalue weighted by molar-refractivity contribution is -0.119. The number of ketones is 1. The van der Waals surface area contributed by atoms with Gasteiger partial charge in [-0.15, -0.1) is 0 Å². The molecule has 0 aromatic rings. The Morgan fingerprint density at radius 3 is 2.15 bits per heavy atom. The average Bonchev–Trinajstić information content (AvgIpc) is 2.43. The van der Waals surface area contributed by atoms with Crippen LogP contribution in [0.2, 0.25) is 37.8 Å². The van der Waals surface area contributed by atoms with Crippen molar-refractivity contribution in [3.63, 3.8) is 0 Å². The molecular formula is C23H42O2Si2. The van der Waals surface area contributed by atoms with Crippen LogP contribution in [0, 0.1) is 11.3 Å². The first-order valence-corrected chi connectivity index (χ1v) is 17.0. The molecule has 0 bridgehead atoms. The Bertz CT molecular complexity index is 669. The zero-order chi connectivity index (χ0) is 21.0. The first kappa shape index (κ1) is 22.8. The Morgan fingerprint density at radius 1 is 1.15 bits per heavy atom. The van der Waals surface area contributed by atoms with Crippen LogP contribution >= 0.6 is 0 Å². The Morgan fingerprint density at radius 2 is 1.70 bits per heavy atom. The Kier molecular flexibility index (Phi) is 6.01. The predicted octanol–water partition coefficient (Wildman–Crippen LogP) is 6.91. The minimum Gasteiger partial charge on any atom is -0.413 e. The molecule has 0 amide bonds. The van der Waals surface area contributed by atoms with Crippen LogP contribution in [0.15, 0.2) is 22.4 Å². The van der Waals surface area contributed by atoms with E-state index in [0.29, 0.717) is 5.78 Å². The third-order valence-corrected chi connectivity index (χ3v) is 13.9. The van der Waals surface area contributed by atoms with E-state index < -0.39 is 16.4 Å². The predicted molar refractivity (Wildman–Crippen MR) is 122 cm³/mol. The maximum absolute atomic E-state index is 12.4. The highest BCUT2D eigenvalue weighted by Gasteiger charge is 2.47. The Labute approximate surface area is 170 Å². The summed E-state index contributed by atoms with van der Waals surface area (Å²) in [5.41, 5.74) is 3.10. The van der Waals surface area contributed by atoms with Crippen molar-refractivity contribution in [3.05, 3.63) is 22.4 Å². The number of carbonyl (C=O) groups excluding carboxylic acids is 1. The summed E-state index contributed by atoms with van der Waals surface area (Å²) < 4.78 is 6.92. The van der Waals surface area contributed by atoms with E-state index in [-0.39, 0.29) is 22.5 Å². The van der Waals surface area contributed by atoms with Crippen LogP contribution in [0.1, 0.15) is 60.8 Å². The highest BCUT2D eigenvalue weighted by atomic mass is 28.4. The van der Waals surface area contributed by atoms with Gasteiger partial charge in [-0.3, -0.25) is 4.79 Å². The molecule has 2 aliphatic carbocycles. The molecule has 154 valence electrons. The molecule has 0 heterocycles. The van der Waals surface area contributed by atoms with Crippen molar-refractivity contribution >= 4 is 22.2 Å². The van der Waals surface area contributed by atoms with Gasteiger partial charge in [0.05, 0.1) is 14.2 Å². The van der Waals surface area contributed by atoms with Gasteiger partial charge in [-0.05, 0) is 60.9 Å². The molecule has 27 heavy (non-hydrogen) atoms. The molecule has 1 saturated carbocycles. The monoisotopic (exact) mass is 406 g/mol. The van der Waals surface area contributed by atoms with Crippen LogP contribution in [0.4, 0.5) is 0 Å². The van der Waals surface area contributed by atoms with Gasteiger partial charge in [0.15, 0.2) is 8.32 Å². The van der Waals surface area contributed by atoms with Gasteiger partial charge < -0.3 is 4.43 Å². The molecule has 2 atom stereocenters. The third-order valence-electron chi connectivity index (χ3n) is 7.11. The summed E-state index contributed by atoms with van der Waals surface area (Å²) in [4.78, 5) is 12.4. The van der Waals surface area contributed by atoms with Crippen LogP contribution in [-0.4, -0.2) is 28.3 Å². The number of allylic oxidation sites excluding steroid dienone is 3. The lowest BCUT2D eigenvalue weighted by Gasteiger charge is -2.49. The van der Waals surface area contributed by atoms with E-state index in [0.717, 1.165) is 19.3 Å². The standard InChI is InChI=1S/C23H42O2Si2/c1-16(24)18-13-12-17-14-20(25-27(10,11)22(2,3)4)23(5,6)15-19(17)21(18)26(7,8)9/h12,18,20H,13-15H2,1-11H3. The van der Waals surface area contributed by atoms with Crippen LogP contribution in [-0.2, 0) is 9.22 Å². The van der Waals surface area contributed by atoms with Crippen LogP contribution in [0.5, 0.6) is 0 Å². The highest BCUT2D eigenvalue weighted by Crippen LogP contribution is 2.51. The highest BCUT2D eigenvalue weighted by molar-refractivity contribution is 6.83. The van der Waals surface area contributed by atoms with Crippen molar-refractivity contribution < 1.29 is 9.22 Å². The molecular weight excluding hydrogens is 364 g/mol. The van der Waals surface area contributed by atoms with E-state index in [9.17, 15) is 4.79 Å². The Hall–Kier alpha value is -0.456. The summed E-state index contributed by atoms with van der Waals surface area (Å²) in [5, 5.41) is 1.75. The van der Waals surface area contributed by atoms with Crippen molar-refractivity contribution in [3.8, 4) is 0 Å². The van der Waals surface area contributed by atoms with Gasteiger partial charge in [0.25, 0.3) is 0 Å². The fourth-order valence-electron chi connectivity index (χ4n) is 4.42. The maximum Gasteiger partial charge on any atom is 0.192 e. The van der Waals surface area contributed by atoms with Gasteiger partial charge >= 0.3 is 0 Å². The van der Waals surface area contributed by atoms with Crippen LogP contribution < -0.4 is 0 Å². The van der Waals surface area contributed by atoms with Crippen LogP contribution in [0.3, 0.4) is 0 Å². The molecule has 0 spiro atoms.